The van der Waals surface area contributed by atoms with E-state index < -0.39 is 5.60 Å². The second-order valence-corrected chi connectivity index (χ2v) is 8.06. The van der Waals surface area contributed by atoms with Crippen LogP contribution in [0, 0.1) is 0 Å². The molecule has 1 unspecified atom stereocenters. The van der Waals surface area contributed by atoms with Crippen molar-refractivity contribution < 1.29 is 14.3 Å². The highest BCUT2D eigenvalue weighted by Crippen LogP contribution is 2.57. The number of nitrogens with one attached hydrogen (secondary N) is 1. The van der Waals surface area contributed by atoms with Crippen LogP contribution in [0.25, 0.3) is 0 Å². The Balaban J connectivity index is 1.82. The van der Waals surface area contributed by atoms with Gasteiger partial charge in [0.15, 0.2) is 5.60 Å². The number of halogens is 1. The fraction of sp³-hybridized carbons (Fsp3) is 0.240. The van der Waals surface area contributed by atoms with Crippen molar-refractivity contribution in [3.8, 4) is 11.5 Å². The molecule has 1 spiro atoms. The van der Waals surface area contributed by atoms with E-state index in [1.807, 2.05) is 43.4 Å². The van der Waals surface area contributed by atoms with Crippen LogP contribution in [-0.2, 0) is 10.3 Å². The van der Waals surface area contributed by atoms with E-state index in [4.69, 9.17) is 21.1 Å². The van der Waals surface area contributed by atoms with Gasteiger partial charge in [-0.05, 0) is 38.1 Å². The first kappa shape index (κ1) is 19.8. The normalized spacial score (nSPS) is 18.0. The molecule has 0 amide bonds. The predicted molar refractivity (Wildman–Crippen MR) is 123 cm³/mol. The molecule has 0 saturated heterocycles. The Hall–Kier alpha value is -3.18. The number of benzene rings is 3. The second-order valence-electron chi connectivity index (χ2n) is 7.65. The van der Waals surface area contributed by atoms with Gasteiger partial charge in [0.1, 0.15) is 11.5 Å². The largest absolute Gasteiger partial charge is 0.456 e. The number of nitrogens with zero attached hydrogens (tertiary/aromatic N) is 1. The van der Waals surface area contributed by atoms with Crippen LogP contribution in [-0.4, -0.2) is 26.1 Å². The summed E-state index contributed by atoms with van der Waals surface area (Å²) in [6.07, 6.45) is 0. The van der Waals surface area contributed by atoms with Crippen LogP contribution in [0.15, 0.2) is 54.6 Å². The van der Waals surface area contributed by atoms with E-state index in [2.05, 4.69) is 30.1 Å². The molecule has 31 heavy (non-hydrogen) atoms. The highest BCUT2D eigenvalue weighted by atomic mass is 35.5. The van der Waals surface area contributed by atoms with E-state index in [9.17, 15) is 4.79 Å². The summed E-state index contributed by atoms with van der Waals surface area (Å²) in [5.41, 5.74) is 3.64. The van der Waals surface area contributed by atoms with Gasteiger partial charge in [0.2, 0.25) is 0 Å². The standard InChI is InChI=1S/C25H23ClN2O3/c1-4-28(5-2)15-10-11-18-22(12-15)30-23-14-20(26)21(27-3)13-19(23)25(18)17-9-7-6-8-16(17)24(29)31-25/h6-14,27H,4-5H2,1-3H3. The van der Waals surface area contributed by atoms with Crippen LogP contribution in [0.1, 0.15) is 40.9 Å². The van der Waals surface area contributed by atoms with Gasteiger partial charge in [0.25, 0.3) is 0 Å². The topological polar surface area (TPSA) is 50.8 Å². The van der Waals surface area contributed by atoms with Gasteiger partial charge >= 0.3 is 5.97 Å². The first-order valence-corrected chi connectivity index (χ1v) is 10.8. The summed E-state index contributed by atoms with van der Waals surface area (Å²) in [5, 5.41) is 3.65. The Morgan fingerprint density at radius 2 is 1.71 bits per heavy atom. The predicted octanol–water partition coefficient (Wildman–Crippen LogP) is 5.80. The molecule has 6 heteroatoms. The molecule has 0 bridgehead atoms. The molecular formula is C25H23ClN2O3. The summed E-state index contributed by atoms with van der Waals surface area (Å²) in [6.45, 7) is 6.00. The molecule has 3 aromatic carbocycles. The maximum atomic E-state index is 12.9. The molecular weight excluding hydrogens is 412 g/mol. The number of hydrogen-bond acceptors (Lipinski definition) is 5. The first-order valence-electron chi connectivity index (χ1n) is 10.4. The third-order valence-corrected chi connectivity index (χ3v) is 6.50. The van der Waals surface area contributed by atoms with E-state index in [0.717, 1.165) is 41.2 Å². The van der Waals surface area contributed by atoms with Crippen LogP contribution in [0.3, 0.4) is 0 Å². The van der Waals surface area contributed by atoms with Crippen molar-refractivity contribution >= 4 is 28.9 Å². The Labute approximate surface area is 186 Å². The maximum absolute atomic E-state index is 12.9. The molecule has 0 aliphatic carbocycles. The smallest absolute Gasteiger partial charge is 0.340 e. The second kappa shape index (κ2) is 7.20. The Morgan fingerprint density at radius 3 is 2.45 bits per heavy atom. The van der Waals surface area contributed by atoms with E-state index in [1.54, 1.807) is 12.1 Å². The highest BCUT2D eigenvalue weighted by Gasteiger charge is 2.53. The lowest BCUT2D eigenvalue weighted by molar-refractivity contribution is 0.0224. The van der Waals surface area contributed by atoms with Gasteiger partial charge in [0, 0.05) is 54.6 Å². The molecule has 1 atom stereocenters. The van der Waals surface area contributed by atoms with Crippen molar-refractivity contribution in [3.63, 3.8) is 0 Å². The molecule has 0 aromatic heterocycles. The lowest BCUT2D eigenvalue weighted by Gasteiger charge is -2.37. The number of fused-ring (bicyclic) bond motifs is 6. The number of rotatable bonds is 4. The van der Waals surface area contributed by atoms with E-state index in [-0.39, 0.29) is 5.97 Å². The fourth-order valence-electron chi connectivity index (χ4n) is 4.66. The lowest BCUT2D eigenvalue weighted by atomic mass is 9.77. The number of ether oxygens (including phenoxy) is 2. The first-order chi connectivity index (χ1) is 15.0. The average molecular weight is 435 g/mol. The van der Waals surface area contributed by atoms with Crippen molar-refractivity contribution in [1.29, 1.82) is 0 Å². The molecule has 0 fully saturated rings. The number of esters is 1. The molecule has 0 saturated carbocycles. The van der Waals surface area contributed by atoms with E-state index in [1.165, 1.54) is 0 Å². The lowest BCUT2D eigenvalue weighted by Crippen LogP contribution is -2.33. The van der Waals surface area contributed by atoms with Gasteiger partial charge in [-0.2, -0.15) is 0 Å². The van der Waals surface area contributed by atoms with Crippen LogP contribution in [0.5, 0.6) is 11.5 Å². The Morgan fingerprint density at radius 1 is 0.968 bits per heavy atom. The third kappa shape index (κ3) is 2.73. The van der Waals surface area contributed by atoms with Crippen LogP contribution in [0.2, 0.25) is 5.02 Å². The Bertz CT molecular complexity index is 1210. The molecule has 2 heterocycles. The quantitative estimate of drug-likeness (QED) is 0.526. The molecule has 1 N–H and O–H groups in total. The van der Waals surface area contributed by atoms with Crippen molar-refractivity contribution in [2.75, 3.05) is 30.4 Å². The number of hydrogen-bond donors (Lipinski definition) is 1. The van der Waals surface area contributed by atoms with Crippen molar-refractivity contribution in [2.24, 2.45) is 0 Å². The van der Waals surface area contributed by atoms with E-state index in [0.29, 0.717) is 22.1 Å². The summed E-state index contributed by atoms with van der Waals surface area (Å²) in [4.78, 5) is 15.2. The number of anilines is 2. The van der Waals surface area contributed by atoms with Gasteiger partial charge in [-0.25, -0.2) is 4.79 Å². The minimum absolute atomic E-state index is 0.344. The maximum Gasteiger partial charge on any atom is 0.340 e. The summed E-state index contributed by atoms with van der Waals surface area (Å²) in [5.74, 6) is 0.899. The summed E-state index contributed by atoms with van der Waals surface area (Å²) in [6, 6.07) is 17.3. The van der Waals surface area contributed by atoms with Gasteiger partial charge in [-0.3, -0.25) is 0 Å². The number of carbonyl (C=O) groups is 1. The van der Waals surface area contributed by atoms with Crippen molar-refractivity contribution in [2.45, 2.75) is 19.4 Å². The molecule has 2 aliphatic rings. The highest BCUT2D eigenvalue weighted by molar-refractivity contribution is 6.33. The summed E-state index contributed by atoms with van der Waals surface area (Å²) in [7, 11) is 1.81. The van der Waals surface area contributed by atoms with Crippen LogP contribution in [0.4, 0.5) is 11.4 Å². The number of carbonyl (C=O) groups excluding carboxylic acids is 1. The van der Waals surface area contributed by atoms with Gasteiger partial charge in [-0.15, -0.1) is 0 Å². The minimum atomic E-state index is -1.09. The fourth-order valence-corrected chi connectivity index (χ4v) is 4.91. The molecule has 3 aromatic rings. The molecule has 158 valence electrons. The van der Waals surface area contributed by atoms with E-state index >= 15 is 0 Å². The third-order valence-electron chi connectivity index (χ3n) is 6.18. The average Bonchev–Trinajstić information content (AvgIpc) is 3.07. The zero-order chi connectivity index (χ0) is 21.8. The molecule has 5 nitrogen and oxygen atoms in total. The Kier molecular flexibility index (Phi) is 4.59. The van der Waals surface area contributed by atoms with Crippen molar-refractivity contribution in [1.82, 2.24) is 0 Å². The monoisotopic (exact) mass is 434 g/mol. The zero-order valence-corrected chi connectivity index (χ0v) is 18.4. The van der Waals surface area contributed by atoms with Crippen LogP contribution >= 0.6 is 11.6 Å². The summed E-state index contributed by atoms with van der Waals surface area (Å²) >= 11 is 6.48. The summed E-state index contributed by atoms with van der Waals surface area (Å²) < 4.78 is 12.5. The SMILES string of the molecule is CCN(CC)c1ccc2c(c1)Oc1cc(Cl)c(NC)cc1C21OC(=O)c2ccccc21. The van der Waals surface area contributed by atoms with Crippen molar-refractivity contribution in [3.05, 3.63) is 81.9 Å². The van der Waals surface area contributed by atoms with Crippen LogP contribution < -0.4 is 15.0 Å². The van der Waals surface area contributed by atoms with Gasteiger partial charge in [-0.1, -0.05) is 29.8 Å². The molecule has 5 rings (SSSR count). The molecule has 2 aliphatic heterocycles. The van der Waals surface area contributed by atoms with Gasteiger partial charge < -0.3 is 19.7 Å². The zero-order valence-electron chi connectivity index (χ0n) is 17.7. The minimum Gasteiger partial charge on any atom is -0.456 e. The molecule has 0 radical (unpaired) electrons. The van der Waals surface area contributed by atoms with Gasteiger partial charge in [0.05, 0.1) is 16.3 Å².